The Kier molecular flexibility index (Phi) is 2.53. The molecule has 1 aliphatic rings. The van der Waals surface area contributed by atoms with Gasteiger partial charge in [0.05, 0.1) is 0 Å². The number of ether oxygens (including phenoxy) is 1. The first kappa shape index (κ1) is 8.57. The Morgan fingerprint density at radius 3 is 2.27 bits per heavy atom. The monoisotopic (exact) mass is 156 g/mol. The van der Waals surface area contributed by atoms with Gasteiger partial charge in [0.2, 0.25) is 0 Å². The van der Waals surface area contributed by atoms with Crippen LogP contribution in [0, 0.1) is 17.8 Å². The van der Waals surface area contributed by atoms with E-state index in [1.807, 2.05) is 0 Å². The summed E-state index contributed by atoms with van der Waals surface area (Å²) < 4.78 is 4.98. The van der Waals surface area contributed by atoms with Crippen molar-refractivity contribution in [2.24, 2.45) is 17.8 Å². The molecule has 0 aromatic heterocycles. The Bertz CT molecular complexity index is 144. The van der Waals surface area contributed by atoms with E-state index in [1.165, 1.54) is 0 Å². The lowest BCUT2D eigenvalue weighted by molar-refractivity contribution is -0.135. The molecule has 0 aliphatic heterocycles. The summed E-state index contributed by atoms with van der Waals surface area (Å²) in [4.78, 5) is 10.1. The summed E-state index contributed by atoms with van der Waals surface area (Å²) in [5.74, 6) is 1.89. The summed E-state index contributed by atoms with van der Waals surface area (Å²) in [6.45, 7) is 7.17. The molecule has 4 atom stereocenters. The molecule has 0 amide bonds. The Morgan fingerprint density at radius 1 is 1.27 bits per heavy atom. The molecule has 11 heavy (non-hydrogen) atoms. The molecule has 0 N–H and O–H groups in total. The molecule has 0 bridgehead atoms. The Morgan fingerprint density at radius 2 is 1.91 bits per heavy atom. The van der Waals surface area contributed by atoms with Gasteiger partial charge in [-0.25, -0.2) is 0 Å². The van der Waals surface area contributed by atoms with E-state index in [9.17, 15) is 4.79 Å². The van der Waals surface area contributed by atoms with Gasteiger partial charge in [0.1, 0.15) is 6.10 Å². The maximum atomic E-state index is 10.1. The molecule has 4 unspecified atom stereocenters. The predicted molar refractivity (Wildman–Crippen MR) is 43.0 cm³/mol. The highest BCUT2D eigenvalue weighted by molar-refractivity contribution is 5.37. The number of hydrogen-bond donors (Lipinski definition) is 0. The van der Waals surface area contributed by atoms with Crippen LogP contribution >= 0.6 is 0 Å². The van der Waals surface area contributed by atoms with Crippen molar-refractivity contribution in [1.29, 1.82) is 0 Å². The average Bonchev–Trinajstić information content (AvgIpc) is 2.19. The van der Waals surface area contributed by atoms with Crippen LogP contribution in [0.5, 0.6) is 0 Å². The maximum Gasteiger partial charge on any atom is 0.293 e. The van der Waals surface area contributed by atoms with E-state index < -0.39 is 0 Å². The van der Waals surface area contributed by atoms with Crippen molar-refractivity contribution in [3.05, 3.63) is 0 Å². The SMILES string of the molecule is CC1CC(OC=O)C(C)C1C. The minimum absolute atomic E-state index is 0.164. The van der Waals surface area contributed by atoms with Gasteiger partial charge in [-0.1, -0.05) is 20.8 Å². The second kappa shape index (κ2) is 3.24. The Hall–Kier alpha value is -0.530. The van der Waals surface area contributed by atoms with Crippen LogP contribution in [0.15, 0.2) is 0 Å². The third-order valence-electron chi connectivity index (χ3n) is 3.15. The molecule has 1 rings (SSSR count). The highest BCUT2D eigenvalue weighted by atomic mass is 16.5. The third-order valence-corrected chi connectivity index (χ3v) is 3.15. The topological polar surface area (TPSA) is 26.3 Å². The molecular weight excluding hydrogens is 140 g/mol. The van der Waals surface area contributed by atoms with Crippen LogP contribution in [0.2, 0.25) is 0 Å². The van der Waals surface area contributed by atoms with Crippen molar-refractivity contribution in [3.8, 4) is 0 Å². The van der Waals surface area contributed by atoms with Crippen LogP contribution < -0.4 is 0 Å². The lowest BCUT2D eigenvalue weighted by atomic mass is 9.94. The van der Waals surface area contributed by atoms with Gasteiger partial charge >= 0.3 is 0 Å². The molecular formula is C9H16O2. The summed E-state index contributed by atoms with van der Waals surface area (Å²) >= 11 is 0. The molecule has 2 heteroatoms. The largest absolute Gasteiger partial charge is 0.464 e. The molecule has 2 nitrogen and oxygen atoms in total. The predicted octanol–water partition coefficient (Wildman–Crippen LogP) is 1.84. The van der Waals surface area contributed by atoms with E-state index in [1.54, 1.807) is 0 Å². The molecule has 0 aromatic rings. The molecule has 1 aliphatic carbocycles. The minimum Gasteiger partial charge on any atom is -0.464 e. The van der Waals surface area contributed by atoms with E-state index in [0.29, 0.717) is 24.2 Å². The van der Waals surface area contributed by atoms with E-state index >= 15 is 0 Å². The quantitative estimate of drug-likeness (QED) is 0.570. The molecule has 0 heterocycles. The maximum absolute atomic E-state index is 10.1. The van der Waals surface area contributed by atoms with Crippen molar-refractivity contribution in [3.63, 3.8) is 0 Å². The van der Waals surface area contributed by atoms with Crippen molar-refractivity contribution in [1.82, 2.24) is 0 Å². The zero-order chi connectivity index (χ0) is 8.43. The van der Waals surface area contributed by atoms with Gasteiger partial charge in [-0.3, -0.25) is 4.79 Å². The summed E-state index contributed by atoms with van der Waals surface area (Å²) in [5.41, 5.74) is 0. The second-order valence-corrected chi connectivity index (χ2v) is 3.70. The second-order valence-electron chi connectivity index (χ2n) is 3.70. The summed E-state index contributed by atoms with van der Waals surface area (Å²) in [7, 11) is 0. The van der Waals surface area contributed by atoms with Crippen molar-refractivity contribution < 1.29 is 9.53 Å². The van der Waals surface area contributed by atoms with Gasteiger partial charge in [0, 0.05) is 0 Å². The molecule has 0 aromatic carbocycles. The molecule has 1 saturated carbocycles. The van der Waals surface area contributed by atoms with Crippen LogP contribution in [0.25, 0.3) is 0 Å². The first-order chi connectivity index (χ1) is 5.16. The first-order valence-corrected chi connectivity index (χ1v) is 4.26. The van der Waals surface area contributed by atoms with Gasteiger partial charge in [-0.2, -0.15) is 0 Å². The standard InChI is InChI=1S/C9H16O2/c1-6-4-9(11-5-10)8(3)7(6)2/h5-9H,4H2,1-3H3. The fourth-order valence-electron chi connectivity index (χ4n) is 1.90. The van der Waals surface area contributed by atoms with Crippen molar-refractivity contribution in [2.45, 2.75) is 33.3 Å². The summed E-state index contributed by atoms with van der Waals surface area (Å²) in [6, 6.07) is 0. The minimum atomic E-state index is 0.164. The van der Waals surface area contributed by atoms with E-state index in [0.717, 1.165) is 6.42 Å². The number of carbonyl (C=O) groups is 1. The average molecular weight is 156 g/mol. The van der Waals surface area contributed by atoms with E-state index in [-0.39, 0.29) is 6.10 Å². The summed E-state index contributed by atoms with van der Waals surface area (Å²) in [5, 5.41) is 0. The van der Waals surface area contributed by atoms with Crippen LogP contribution in [0.4, 0.5) is 0 Å². The van der Waals surface area contributed by atoms with Crippen LogP contribution in [-0.2, 0) is 9.53 Å². The third kappa shape index (κ3) is 1.55. The van der Waals surface area contributed by atoms with Crippen molar-refractivity contribution in [2.75, 3.05) is 0 Å². The van der Waals surface area contributed by atoms with Gasteiger partial charge in [0.15, 0.2) is 0 Å². The molecule has 0 saturated heterocycles. The highest BCUT2D eigenvalue weighted by Gasteiger charge is 2.36. The number of hydrogen-bond acceptors (Lipinski definition) is 2. The summed E-state index contributed by atoms with van der Waals surface area (Å²) in [6.07, 6.45) is 1.19. The van der Waals surface area contributed by atoms with Crippen LogP contribution in [-0.4, -0.2) is 12.6 Å². The normalized spacial score (nSPS) is 43.9. The number of rotatable bonds is 2. The smallest absolute Gasteiger partial charge is 0.293 e. The first-order valence-electron chi connectivity index (χ1n) is 4.26. The van der Waals surface area contributed by atoms with Gasteiger partial charge in [-0.05, 0) is 24.2 Å². The lowest BCUT2D eigenvalue weighted by Gasteiger charge is -2.16. The molecule has 64 valence electrons. The fourth-order valence-corrected chi connectivity index (χ4v) is 1.90. The molecule has 0 spiro atoms. The van der Waals surface area contributed by atoms with Gasteiger partial charge in [0.25, 0.3) is 6.47 Å². The van der Waals surface area contributed by atoms with Gasteiger partial charge in [-0.15, -0.1) is 0 Å². The number of carbonyl (C=O) groups excluding carboxylic acids is 1. The van der Waals surface area contributed by atoms with E-state index in [2.05, 4.69) is 20.8 Å². The zero-order valence-electron chi connectivity index (χ0n) is 7.41. The van der Waals surface area contributed by atoms with Crippen molar-refractivity contribution >= 4 is 6.47 Å². The highest BCUT2D eigenvalue weighted by Crippen LogP contribution is 2.37. The fraction of sp³-hybridized carbons (Fsp3) is 0.889. The van der Waals surface area contributed by atoms with Gasteiger partial charge < -0.3 is 4.74 Å². The Balaban J connectivity index is 2.51. The lowest BCUT2D eigenvalue weighted by Crippen LogP contribution is -2.17. The molecule has 0 radical (unpaired) electrons. The van der Waals surface area contributed by atoms with Crippen LogP contribution in [0.3, 0.4) is 0 Å². The van der Waals surface area contributed by atoms with Crippen LogP contribution in [0.1, 0.15) is 27.2 Å². The Labute approximate surface area is 67.9 Å². The molecule has 1 fully saturated rings. The zero-order valence-corrected chi connectivity index (χ0v) is 7.41. The van der Waals surface area contributed by atoms with E-state index in [4.69, 9.17) is 4.74 Å².